The van der Waals surface area contributed by atoms with Crippen LogP contribution in [-0.4, -0.2) is 6.30 Å². The second-order valence-electron chi connectivity index (χ2n) is 2.64. The van der Waals surface area contributed by atoms with E-state index in [0.29, 0.717) is 5.56 Å². The van der Waals surface area contributed by atoms with Gasteiger partial charge in [0.1, 0.15) is 5.82 Å². The van der Waals surface area contributed by atoms with E-state index in [9.17, 15) is 17.6 Å². The molecule has 1 aromatic rings. The molecule has 0 aromatic heterocycles. The molecule has 1 nitrogen and oxygen atoms in total. The van der Waals surface area contributed by atoms with Gasteiger partial charge in [0.25, 0.3) is 0 Å². The predicted octanol–water partition coefficient (Wildman–Crippen LogP) is 3.07. The lowest BCUT2D eigenvalue weighted by molar-refractivity contribution is -0.0999. The van der Waals surface area contributed by atoms with Gasteiger partial charge in [-0.1, -0.05) is 0 Å². The fraction of sp³-hybridized carbons (Fsp3) is 0.250. The largest absolute Gasteiger partial charge is 0.482 e. The maximum atomic E-state index is 12.6. The van der Waals surface area contributed by atoms with Gasteiger partial charge in [0, 0.05) is 5.69 Å². The van der Waals surface area contributed by atoms with E-state index in [1.807, 2.05) is 0 Å². The Morgan fingerprint density at radius 2 is 1.77 bits per heavy atom. The van der Waals surface area contributed by atoms with Crippen LogP contribution in [0.5, 0.6) is 0 Å². The molecule has 0 unspecified atom stereocenters. The lowest BCUT2D eigenvalue weighted by Gasteiger charge is -2.10. The molecule has 5 heteroatoms. The molecule has 0 spiro atoms. The summed E-state index contributed by atoms with van der Waals surface area (Å²) in [4.78, 5) is 0. The van der Waals surface area contributed by atoms with Crippen LogP contribution in [0.3, 0.4) is 0 Å². The van der Waals surface area contributed by atoms with E-state index in [1.54, 1.807) is 0 Å². The highest BCUT2D eigenvalue weighted by Crippen LogP contribution is 2.21. The van der Waals surface area contributed by atoms with Crippen molar-refractivity contribution in [1.29, 1.82) is 0 Å². The Morgan fingerprint density at radius 1 is 1.15 bits per heavy atom. The number of halogens is 4. The molecule has 0 aliphatic heterocycles. The molecule has 0 heterocycles. The maximum Gasteiger partial charge on any atom is 0.482 e. The molecule has 0 bridgehead atoms. The van der Waals surface area contributed by atoms with Crippen molar-refractivity contribution in [2.45, 2.75) is 13.2 Å². The normalized spacial score (nSPS) is 11.5. The van der Waals surface area contributed by atoms with E-state index in [0.717, 1.165) is 12.1 Å². The Morgan fingerprint density at radius 3 is 2.23 bits per heavy atom. The molecular weight excluding hydrogens is 186 g/mol. The summed E-state index contributed by atoms with van der Waals surface area (Å²) in [6.45, 7) is 1.52. The first kappa shape index (κ1) is 9.83. The minimum Gasteiger partial charge on any atom is -0.297 e. The summed E-state index contributed by atoms with van der Waals surface area (Å²) >= 11 is 0. The second kappa shape index (κ2) is 3.24. The van der Waals surface area contributed by atoms with Gasteiger partial charge in [0.2, 0.25) is 0 Å². The topological polar surface area (TPSA) is 12.0 Å². The Labute approximate surface area is 72.4 Å². The van der Waals surface area contributed by atoms with Gasteiger partial charge in [-0.25, -0.2) is 4.39 Å². The van der Waals surface area contributed by atoms with Gasteiger partial charge in [-0.05, 0) is 30.7 Å². The zero-order chi connectivity index (χ0) is 10.1. The van der Waals surface area contributed by atoms with Crippen LogP contribution >= 0.6 is 0 Å². The van der Waals surface area contributed by atoms with Gasteiger partial charge in [-0.15, -0.1) is 0 Å². The maximum absolute atomic E-state index is 12.6. The van der Waals surface area contributed by atoms with E-state index in [-0.39, 0.29) is 5.69 Å². The summed E-state index contributed by atoms with van der Waals surface area (Å²) in [5, 5.41) is 1.22. The van der Waals surface area contributed by atoms with Crippen LogP contribution in [0.25, 0.3) is 0 Å². The molecule has 72 valence electrons. The first-order chi connectivity index (χ1) is 5.87. The molecule has 1 aromatic carbocycles. The third-order valence-electron chi connectivity index (χ3n) is 1.33. The van der Waals surface area contributed by atoms with Crippen molar-refractivity contribution >= 4 is 5.69 Å². The highest BCUT2D eigenvalue weighted by atomic mass is 19.4. The van der Waals surface area contributed by atoms with Crippen molar-refractivity contribution in [1.82, 2.24) is 0 Å². The summed E-state index contributed by atoms with van der Waals surface area (Å²) in [7, 11) is 0. The summed E-state index contributed by atoms with van der Waals surface area (Å²) in [6, 6.07) is 3.17. The molecule has 1 N–H and O–H groups in total. The number of aryl methyl sites for hydroxylation is 1. The summed E-state index contributed by atoms with van der Waals surface area (Å²) in [5.41, 5.74) is 0.150. The zero-order valence-corrected chi connectivity index (χ0v) is 6.74. The third kappa shape index (κ3) is 3.31. The number of nitrogens with one attached hydrogen (secondary N) is 1. The highest BCUT2D eigenvalue weighted by Gasteiger charge is 2.27. The van der Waals surface area contributed by atoms with Crippen molar-refractivity contribution in [3.63, 3.8) is 0 Å². The molecule has 0 aliphatic carbocycles. The van der Waals surface area contributed by atoms with Crippen LogP contribution in [0.4, 0.5) is 23.2 Å². The number of alkyl halides is 3. The summed E-state index contributed by atoms with van der Waals surface area (Å²) in [6.07, 6.45) is -4.53. The number of rotatable bonds is 1. The average Bonchev–Trinajstić information content (AvgIpc) is 1.78. The molecule has 13 heavy (non-hydrogen) atoms. The summed E-state index contributed by atoms with van der Waals surface area (Å²) < 4.78 is 47.9. The lowest BCUT2D eigenvalue weighted by Crippen LogP contribution is -2.20. The van der Waals surface area contributed by atoms with Gasteiger partial charge in [0.15, 0.2) is 0 Å². The van der Waals surface area contributed by atoms with Gasteiger partial charge in [-0.3, -0.25) is 5.32 Å². The van der Waals surface area contributed by atoms with Crippen LogP contribution < -0.4 is 5.32 Å². The highest BCUT2D eigenvalue weighted by molar-refractivity contribution is 5.46. The van der Waals surface area contributed by atoms with Crippen molar-refractivity contribution in [3.05, 3.63) is 29.6 Å². The molecule has 0 amide bonds. The van der Waals surface area contributed by atoms with Gasteiger partial charge in [0.05, 0.1) is 0 Å². The van der Waals surface area contributed by atoms with E-state index in [2.05, 4.69) is 0 Å². The quantitative estimate of drug-likeness (QED) is 0.533. The smallest absolute Gasteiger partial charge is 0.297 e. The molecule has 0 atom stereocenters. The molecule has 1 rings (SSSR count). The van der Waals surface area contributed by atoms with Crippen molar-refractivity contribution in [2.24, 2.45) is 0 Å². The van der Waals surface area contributed by atoms with Crippen molar-refractivity contribution < 1.29 is 17.6 Å². The fourth-order valence-corrected chi connectivity index (χ4v) is 0.972. The number of hydrogen-bond donors (Lipinski definition) is 1. The van der Waals surface area contributed by atoms with E-state index in [1.165, 1.54) is 18.3 Å². The minimum absolute atomic E-state index is 0.287. The minimum atomic E-state index is -4.53. The van der Waals surface area contributed by atoms with E-state index in [4.69, 9.17) is 0 Å². The standard InChI is InChI=1S/C8H7F4N/c1-5-2-6(9)4-7(3-5)13-8(10,11)12/h2-4,13H,1H3. The second-order valence-corrected chi connectivity index (χ2v) is 2.64. The van der Waals surface area contributed by atoms with Gasteiger partial charge in [-0.2, -0.15) is 13.2 Å². The molecular formula is C8H7F4N. The van der Waals surface area contributed by atoms with Crippen LogP contribution in [0, 0.1) is 12.7 Å². The molecule has 0 radical (unpaired) electrons. The lowest BCUT2D eigenvalue weighted by atomic mass is 10.2. The van der Waals surface area contributed by atoms with Gasteiger partial charge >= 0.3 is 6.30 Å². The molecule has 0 saturated carbocycles. The van der Waals surface area contributed by atoms with E-state index < -0.39 is 12.1 Å². The number of benzene rings is 1. The van der Waals surface area contributed by atoms with Crippen LogP contribution in [-0.2, 0) is 0 Å². The average molecular weight is 193 g/mol. The van der Waals surface area contributed by atoms with Crippen molar-refractivity contribution in [3.8, 4) is 0 Å². The zero-order valence-electron chi connectivity index (χ0n) is 6.74. The first-order valence-corrected chi connectivity index (χ1v) is 3.49. The number of anilines is 1. The van der Waals surface area contributed by atoms with Crippen molar-refractivity contribution in [2.75, 3.05) is 5.32 Å². The monoisotopic (exact) mass is 193 g/mol. The molecule has 0 fully saturated rings. The fourth-order valence-electron chi connectivity index (χ4n) is 0.972. The van der Waals surface area contributed by atoms with Crippen LogP contribution in [0.15, 0.2) is 18.2 Å². The predicted molar refractivity (Wildman–Crippen MR) is 40.8 cm³/mol. The molecule has 0 saturated heterocycles. The van der Waals surface area contributed by atoms with Gasteiger partial charge < -0.3 is 0 Å². The van der Waals surface area contributed by atoms with Crippen LogP contribution in [0.2, 0.25) is 0 Å². The Bertz CT molecular complexity index is 285. The Hall–Kier alpha value is -1.26. The first-order valence-electron chi connectivity index (χ1n) is 3.49. The Balaban J connectivity index is 2.90. The van der Waals surface area contributed by atoms with E-state index >= 15 is 0 Å². The van der Waals surface area contributed by atoms with Crippen LogP contribution in [0.1, 0.15) is 5.56 Å². The SMILES string of the molecule is Cc1cc(F)cc(NC(F)(F)F)c1. The molecule has 0 aliphatic rings. The third-order valence-corrected chi connectivity index (χ3v) is 1.33. The summed E-state index contributed by atoms with van der Waals surface area (Å²) in [5.74, 6) is -0.688. The Kier molecular flexibility index (Phi) is 2.45. The number of hydrogen-bond acceptors (Lipinski definition) is 1.